The number of benzene rings is 1. The number of carbonyl (C=O) groups is 1. The number of nitrogens with two attached hydrogens (primary N) is 1. The molecule has 1 aromatic carbocycles. The molecule has 3 N–H and O–H groups in total. The van der Waals surface area contributed by atoms with Crippen molar-refractivity contribution >= 4 is 17.2 Å². The van der Waals surface area contributed by atoms with Crippen LogP contribution in [0.4, 0.5) is 11.4 Å². The van der Waals surface area contributed by atoms with Gasteiger partial charge in [0.25, 0.3) is 0 Å². The van der Waals surface area contributed by atoms with E-state index >= 15 is 0 Å². The summed E-state index contributed by atoms with van der Waals surface area (Å²) in [4.78, 5) is 13.9. The number of likely N-dealkylation sites (tertiary alicyclic amines) is 1. The number of Topliss-reactive ketones (excluding diaryl/α,β-unsaturated/α-hetero) is 1. The molecule has 2 rings (SSSR count). The number of rotatable bonds is 5. The summed E-state index contributed by atoms with van der Waals surface area (Å²) in [6.07, 6.45) is 1.25. The predicted molar refractivity (Wildman–Crippen MR) is 79.6 cm³/mol. The SMILES string of the molecule is CCN1CCC(CNc2ccc(N)c(C(C)=O)c2)C1. The highest BCUT2D eigenvalue weighted by atomic mass is 16.1. The van der Waals surface area contributed by atoms with E-state index in [2.05, 4.69) is 17.1 Å². The second-order valence-electron chi connectivity index (χ2n) is 5.29. The third kappa shape index (κ3) is 3.47. The average molecular weight is 261 g/mol. The van der Waals surface area contributed by atoms with Crippen LogP contribution >= 0.6 is 0 Å². The van der Waals surface area contributed by atoms with Crippen LogP contribution in [0.2, 0.25) is 0 Å². The van der Waals surface area contributed by atoms with E-state index < -0.39 is 0 Å². The van der Waals surface area contributed by atoms with Gasteiger partial charge >= 0.3 is 0 Å². The Morgan fingerprint density at radius 3 is 2.95 bits per heavy atom. The first kappa shape index (κ1) is 13.9. The number of nitrogen functional groups attached to an aromatic ring is 1. The van der Waals surface area contributed by atoms with E-state index in [0.29, 0.717) is 17.2 Å². The second kappa shape index (κ2) is 6.06. The van der Waals surface area contributed by atoms with Crippen LogP contribution in [0.15, 0.2) is 18.2 Å². The molecule has 1 atom stereocenters. The van der Waals surface area contributed by atoms with Crippen molar-refractivity contribution in [1.29, 1.82) is 0 Å². The minimum Gasteiger partial charge on any atom is -0.398 e. The summed E-state index contributed by atoms with van der Waals surface area (Å²) in [6.45, 7) is 8.20. The van der Waals surface area contributed by atoms with Crippen molar-refractivity contribution in [3.8, 4) is 0 Å². The van der Waals surface area contributed by atoms with Crippen molar-refractivity contribution in [2.24, 2.45) is 5.92 Å². The van der Waals surface area contributed by atoms with E-state index in [0.717, 1.165) is 25.3 Å². The molecule has 0 aliphatic carbocycles. The van der Waals surface area contributed by atoms with Crippen molar-refractivity contribution in [1.82, 2.24) is 4.90 Å². The Labute approximate surface area is 115 Å². The van der Waals surface area contributed by atoms with Crippen LogP contribution in [-0.2, 0) is 0 Å². The maximum atomic E-state index is 11.4. The zero-order valence-corrected chi connectivity index (χ0v) is 11.8. The molecule has 4 heteroatoms. The van der Waals surface area contributed by atoms with Crippen LogP contribution < -0.4 is 11.1 Å². The number of hydrogen-bond acceptors (Lipinski definition) is 4. The fourth-order valence-electron chi connectivity index (χ4n) is 2.60. The van der Waals surface area contributed by atoms with Gasteiger partial charge in [-0.1, -0.05) is 6.92 Å². The third-order valence-corrected chi connectivity index (χ3v) is 3.84. The van der Waals surface area contributed by atoms with E-state index in [1.807, 2.05) is 12.1 Å². The van der Waals surface area contributed by atoms with Gasteiger partial charge in [0, 0.05) is 30.0 Å². The van der Waals surface area contributed by atoms with Gasteiger partial charge in [-0.2, -0.15) is 0 Å². The van der Waals surface area contributed by atoms with Gasteiger partial charge in [-0.25, -0.2) is 0 Å². The van der Waals surface area contributed by atoms with Crippen LogP contribution in [0.3, 0.4) is 0 Å². The van der Waals surface area contributed by atoms with Crippen molar-refractivity contribution < 1.29 is 4.79 Å². The molecule has 1 fully saturated rings. The Kier molecular flexibility index (Phi) is 4.43. The average Bonchev–Trinajstić information content (AvgIpc) is 2.85. The summed E-state index contributed by atoms with van der Waals surface area (Å²) < 4.78 is 0. The van der Waals surface area contributed by atoms with Crippen molar-refractivity contribution in [2.75, 3.05) is 37.2 Å². The first-order valence-electron chi connectivity index (χ1n) is 6.96. The number of ketones is 1. The smallest absolute Gasteiger partial charge is 0.161 e. The quantitative estimate of drug-likeness (QED) is 0.630. The normalized spacial score (nSPS) is 19.6. The van der Waals surface area contributed by atoms with E-state index in [4.69, 9.17) is 5.73 Å². The fourth-order valence-corrected chi connectivity index (χ4v) is 2.60. The first-order valence-corrected chi connectivity index (χ1v) is 6.96. The lowest BCUT2D eigenvalue weighted by Gasteiger charge is -2.15. The molecule has 0 saturated carbocycles. The molecule has 0 bridgehead atoms. The molecule has 4 nitrogen and oxygen atoms in total. The number of anilines is 2. The first-order chi connectivity index (χ1) is 9.10. The van der Waals surface area contributed by atoms with E-state index in [1.165, 1.54) is 13.0 Å². The lowest BCUT2D eigenvalue weighted by molar-refractivity contribution is 0.101. The highest BCUT2D eigenvalue weighted by molar-refractivity contribution is 5.99. The van der Waals surface area contributed by atoms with E-state index in [9.17, 15) is 4.79 Å². The molecule has 19 heavy (non-hydrogen) atoms. The molecule has 1 unspecified atom stereocenters. The summed E-state index contributed by atoms with van der Waals surface area (Å²) in [7, 11) is 0. The Morgan fingerprint density at radius 1 is 1.53 bits per heavy atom. The van der Waals surface area contributed by atoms with Gasteiger partial charge in [-0.05, 0) is 50.6 Å². The summed E-state index contributed by atoms with van der Waals surface area (Å²) in [6, 6.07) is 5.59. The highest BCUT2D eigenvalue weighted by Gasteiger charge is 2.20. The lowest BCUT2D eigenvalue weighted by atomic mass is 10.1. The standard InChI is InChI=1S/C15H23N3O/c1-3-18-7-6-12(10-18)9-17-13-4-5-15(16)14(8-13)11(2)19/h4-5,8,12,17H,3,6-7,9-10,16H2,1-2H3. The molecular weight excluding hydrogens is 238 g/mol. The van der Waals surface area contributed by atoms with Crippen LogP contribution in [0.25, 0.3) is 0 Å². The minimum absolute atomic E-state index is 0.0131. The fraction of sp³-hybridized carbons (Fsp3) is 0.533. The summed E-state index contributed by atoms with van der Waals surface area (Å²) >= 11 is 0. The zero-order chi connectivity index (χ0) is 13.8. The molecule has 1 aromatic rings. The molecular formula is C15H23N3O. The third-order valence-electron chi connectivity index (χ3n) is 3.84. The topological polar surface area (TPSA) is 58.4 Å². The second-order valence-corrected chi connectivity index (χ2v) is 5.29. The maximum Gasteiger partial charge on any atom is 0.161 e. The van der Waals surface area contributed by atoms with E-state index in [1.54, 1.807) is 13.0 Å². The Morgan fingerprint density at radius 2 is 2.32 bits per heavy atom. The number of carbonyl (C=O) groups excluding carboxylic acids is 1. The highest BCUT2D eigenvalue weighted by Crippen LogP contribution is 2.20. The van der Waals surface area contributed by atoms with Crippen molar-refractivity contribution in [3.63, 3.8) is 0 Å². The van der Waals surface area contributed by atoms with Crippen LogP contribution in [0.5, 0.6) is 0 Å². The number of nitrogens with zero attached hydrogens (tertiary/aromatic N) is 1. The number of hydrogen-bond donors (Lipinski definition) is 2. The molecule has 0 spiro atoms. The van der Waals surface area contributed by atoms with Gasteiger partial charge in [0.15, 0.2) is 5.78 Å². The Hall–Kier alpha value is -1.55. The summed E-state index contributed by atoms with van der Waals surface area (Å²) in [5, 5.41) is 3.42. The Balaban J connectivity index is 1.93. The van der Waals surface area contributed by atoms with E-state index in [-0.39, 0.29) is 5.78 Å². The summed E-state index contributed by atoms with van der Waals surface area (Å²) in [5.41, 5.74) is 7.93. The molecule has 0 aromatic heterocycles. The molecule has 0 amide bonds. The van der Waals surface area contributed by atoms with Gasteiger partial charge < -0.3 is 16.0 Å². The predicted octanol–water partition coefficient (Wildman–Crippen LogP) is 2.23. The van der Waals surface area contributed by atoms with Gasteiger partial charge in [0.1, 0.15) is 0 Å². The van der Waals surface area contributed by atoms with Crippen LogP contribution in [0, 0.1) is 5.92 Å². The molecule has 1 heterocycles. The van der Waals surface area contributed by atoms with Gasteiger partial charge in [-0.3, -0.25) is 4.79 Å². The van der Waals surface area contributed by atoms with Crippen molar-refractivity contribution in [2.45, 2.75) is 20.3 Å². The number of nitrogens with one attached hydrogen (secondary N) is 1. The molecule has 104 valence electrons. The molecule has 1 saturated heterocycles. The monoisotopic (exact) mass is 261 g/mol. The Bertz CT molecular complexity index is 459. The molecule has 1 aliphatic rings. The molecule has 1 aliphatic heterocycles. The van der Waals surface area contributed by atoms with Crippen LogP contribution in [0.1, 0.15) is 30.6 Å². The molecule has 0 radical (unpaired) electrons. The maximum absolute atomic E-state index is 11.4. The lowest BCUT2D eigenvalue weighted by Crippen LogP contribution is -2.22. The van der Waals surface area contributed by atoms with Gasteiger partial charge in [0.05, 0.1) is 0 Å². The summed E-state index contributed by atoms with van der Waals surface area (Å²) in [5.74, 6) is 0.706. The largest absolute Gasteiger partial charge is 0.398 e. The zero-order valence-electron chi connectivity index (χ0n) is 11.8. The van der Waals surface area contributed by atoms with Gasteiger partial charge in [0.2, 0.25) is 0 Å². The van der Waals surface area contributed by atoms with Crippen molar-refractivity contribution in [3.05, 3.63) is 23.8 Å². The van der Waals surface area contributed by atoms with Gasteiger partial charge in [-0.15, -0.1) is 0 Å². The van der Waals surface area contributed by atoms with Crippen LogP contribution in [-0.4, -0.2) is 36.9 Å². The minimum atomic E-state index is 0.0131.